The Morgan fingerprint density at radius 2 is 1.81 bits per heavy atom. The van der Waals surface area contributed by atoms with E-state index >= 15 is 0 Å². The molecule has 2 heteroatoms. The summed E-state index contributed by atoms with van der Waals surface area (Å²) in [6, 6.07) is 0. The molecule has 0 aromatic carbocycles. The van der Waals surface area contributed by atoms with Crippen LogP contribution < -0.4 is 0 Å². The van der Waals surface area contributed by atoms with Crippen LogP contribution in [0.2, 0.25) is 0 Å². The minimum Gasteiger partial charge on any atom is -0.370 e. The third kappa shape index (κ3) is 1.26. The van der Waals surface area contributed by atoms with Gasteiger partial charge < -0.3 is 9.47 Å². The Hall–Kier alpha value is -0.0800. The highest BCUT2D eigenvalue weighted by Crippen LogP contribution is 2.60. The van der Waals surface area contributed by atoms with Gasteiger partial charge in [0.1, 0.15) is 0 Å². The monoisotopic (exact) mass is 222 g/mol. The molecular weight excluding hydrogens is 200 g/mol. The summed E-state index contributed by atoms with van der Waals surface area (Å²) in [5.41, 5.74) is 0.452. The van der Waals surface area contributed by atoms with Crippen LogP contribution in [0, 0.1) is 11.8 Å². The van der Waals surface area contributed by atoms with Crippen molar-refractivity contribution >= 4 is 0 Å². The molecule has 2 saturated heterocycles. The fourth-order valence-electron chi connectivity index (χ4n) is 4.37. The molecule has 2 aliphatic carbocycles. The Bertz CT molecular complexity index is 329. The van der Waals surface area contributed by atoms with Gasteiger partial charge in [-0.25, -0.2) is 0 Å². The van der Waals surface area contributed by atoms with Crippen molar-refractivity contribution in [2.24, 2.45) is 11.8 Å². The molecule has 0 aromatic heterocycles. The van der Waals surface area contributed by atoms with Crippen LogP contribution in [-0.4, -0.2) is 23.4 Å². The van der Waals surface area contributed by atoms with Crippen LogP contribution in [0.1, 0.15) is 52.4 Å². The van der Waals surface area contributed by atoms with Crippen LogP contribution in [0.5, 0.6) is 0 Å². The van der Waals surface area contributed by atoms with Gasteiger partial charge in [-0.2, -0.15) is 0 Å². The predicted molar refractivity (Wildman–Crippen MR) is 61.2 cm³/mol. The van der Waals surface area contributed by atoms with E-state index in [4.69, 9.17) is 9.47 Å². The molecule has 90 valence electrons. The first-order chi connectivity index (χ1) is 7.60. The molecule has 4 fully saturated rings. The first-order valence-electron chi connectivity index (χ1n) is 6.95. The van der Waals surface area contributed by atoms with Crippen molar-refractivity contribution in [2.75, 3.05) is 0 Å². The molecule has 6 unspecified atom stereocenters. The largest absolute Gasteiger partial charge is 0.370 e. The van der Waals surface area contributed by atoms with Gasteiger partial charge in [0.25, 0.3) is 0 Å². The molecule has 0 spiro atoms. The summed E-state index contributed by atoms with van der Waals surface area (Å²) in [6.45, 7) is 4.61. The molecule has 16 heavy (non-hydrogen) atoms. The third-order valence-corrected chi connectivity index (χ3v) is 5.88. The molecule has 0 amide bonds. The number of ether oxygens (including phenoxy) is 2. The van der Waals surface area contributed by atoms with E-state index in [2.05, 4.69) is 13.8 Å². The number of hydrogen-bond donors (Lipinski definition) is 0. The van der Waals surface area contributed by atoms with Crippen LogP contribution >= 0.6 is 0 Å². The number of hydrogen-bond acceptors (Lipinski definition) is 2. The van der Waals surface area contributed by atoms with Gasteiger partial charge in [0.05, 0.1) is 23.4 Å². The van der Waals surface area contributed by atoms with Crippen molar-refractivity contribution in [1.82, 2.24) is 0 Å². The molecule has 0 radical (unpaired) electrons. The standard InChI is InChI=1S/C14H22O2/c1-13-6-5-10(8-14(13,2)16-13)9-3-4-11-12(7-9)15-11/h9-12H,3-8H2,1-2H3. The van der Waals surface area contributed by atoms with Crippen LogP contribution in [0.15, 0.2) is 0 Å². The average molecular weight is 222 g/mol. The number of epoxide rings is 2. The number of fused-ring (bicyclic) bond motifs is 2. The van der Waals surface area contributed by atoms with Crippen molar-refractivity contribution in [3.05, 3.63) is 0 Å². The Balaban J connectivity index is 1.45. The Kier molecular flexibility index (Phi) is 1.76. The van der Waals surface area contributed by atoms with E-state index in [1.54, 1.807) is 0 Å². The van der Waals surface area contributed by atoms with Gasteiger partial charge >= 0.3 is 0 Å². The lowest BCUT2D eigenvalue weighted by Gasteiger charge is -2.34. The minimum atomic E-state index is 0.219. The van der Waals surface area contributed by atoms with Gasteiger partial charge in [0.15, 0.2) is 0 Å². The zero-order chi connectivity index (χ0) is 11.0. The average Bonchev–Trinajstić information content (AvgIpc) is 3.09. The molecule has 0 N–H and O–H groups in total. The van der Waals surface area contributed by atoms with Gasteiger partial charge in [-0.15, -0.1) is 0 Å². The molecule has 2 heterocycles. The second-order valence-electron chi connectivity index (χ2n) is 6.85. The molecule has 2 nitrogen and oxygen atoms in total. The van der Waals surface area contributed by atoms with Crippen molar-refractivity contribution < 1.29 is 9.47 Å². The Morgan fingerprint density at radius 1 is 0.938 bits per heavy atom. The van der Waals surface area contributed by atoms with E-state index in [-0.39, 0.29) is 11.2 Å². The van der Waals surface area contributed by atoms with E-state index < -0.39 is 0 Å². The van der Waals surface area contributed by atoms with Gasteiger partial charge in [-0.3, -0.25) is 0 Å². The summed E-state index contributed by atoms with van der Waals surface area (Å²) < 4.78 is 11.6. The molecular formula is C14H22O2. The zero-order valence-corrected chi connectivity index (χ0v) is 10.4. The first-order valence-corrected chi connectivity index (χ1v) is 6.95. The predicted octanol–water partition coefficient (Wildman–Crippen LogP) is 2.90. The highest BCUT2D eigenvalue weighted by Gasteiger charge is 2.66. The lowest BCUT2D eigenvalue weighted by atomic mass is 9.68. The molecule has 4 aliphatic rings. The minimum absolute atomic E-state index is 0.219. The van der Waals surface area contributed by atoms with E-state index in [1.165, 1.54) is 38.5 Å². The highest BCUT2D eigenvalue weighted by molar-refractivity contribution is 5.14. The van der Waals surface area contributed by atoms with Crippen molar-refractivity contribution in [3.63, 3.8) is 0 Å². The summed E-state index contributed by atoms with van der Waals surface area (Å²) in [6.07, 6.45) is 9.30. The summed E-state index contributed by atoms with van der Waals surface area (Å²) in [4.78, 5) is 0. The zero-order valence-electron chi connectivity index (χ0n) is 10.4. The van der Waals surface area contributed by atoms with Gasteiger partial charge in [-0.1, -0.05) is 0 Å². The van der Waals surface area contributed by atoms with E-state index in [0.717, 1.165) is 11.8 Å². The smallest absolute Gasteiger partial charge is 0.0952 e. The SMILES string of the molecule is CC12CCC(C3CCC4OC4C3)CC1(C)O2. The molecule has 2 saturated carbocycles. The van der Waals surface area contributed by atoms with Crippen molar-refractivity contribution in [3.8, 4) is 0 Å². The van der Waals surface area contributed by atoms with E-state index in [9.17, 15) is 0 Å². The third-order valence-electron chi connectivity index (χ3n) is 5.88. The summed E-state index contributed by atoms with van der Waals surface area (Å²) in [5, 5.41) is 0. The highest BCUT2D eigenvalue weighted by atomic mass is 16.6. The maximum atomic E-state index is 5.98. The Morgan fingerprint density at radius 3 is 2.56 bits per heavy atom. The maximum absolute atomic E-state index is 5.98. The molecule has 0 aromatic rings. The van der Waals surface area contributed by atoms with Crippen LogP contribution in [0.25, 0.3) is 0 Å². The van der Waals surface area contributed by atoms with Crippen LogP contribution in [-0.2, 0) is 9.47 Å². The molecule has 2 aliphatic heterocycles. The summed E-state index contributed by atoms with van der Waals surface area (Å²) in [5.74, 6) is 1.83. The Labute approximate surface area is 97.7 Å². The lowest BCUT2D eigenvalue weighted by molar-refractivity contribution is 0.181. The second kappa shape index (κ2) is 2.84. The first kappa shape index (κ1) is 9.90. The van der Waals surface area contributed by atoms with Crippen molar-refractivity contribution in [2.45, 2.75) is 75.8 Å². The molecule has 4 rings (SSSR count). The fraction of sp³-hybridized carbons (Fsp3) is 1.00. The van der Waals surface area contributed by atoms with Gasteiger partial charge in [0, 0.05) is 0 Å². The molecule has 0 bridgehead atoms. The summed E-state index contributed by atoms with van der Waals surface area (Å²) >= 11 is 0. The normalized spacial score (nSPS) is 63.4. The van der Waals surface area contributed by atoms with Crippen LogP contribution in [0.4, 0.5) is 0 Å². The topological polar surface area (TPSA) is 25.1 Å². The van der Waals surface area contributed by atoms with E-state index in [0.29, 0.717) is 12.2 Å². The van der Waals surface area contributed by atoms with Gasteiger partial charge in [0.2, 0.25) is 0 Å². The quantitative estimate of drug-likeness (QED) is 0.637. The van der Waals surface area contributed by atoms with Gasteiger partial charge in [-0.05, 0) is 64.2 Å². The number of rotatable bonds is 1. The lowest BCUT2D eigenvalue weighted by Crippen LogP contribution is -2.34. The fourth-order valence-corrected chi connectivity index (χ4v) is 4.37. The second-order valence-corrected chi connectivity index (χ2v) is 6.85. The van der Waals surface area contributed by atoms with Crippen LogP contribution in [0.3, 0.4) is 0 Å². The van der Waals surface area contributed by atoms with Crippen molar-refractivity contribution in [1.29, 1.82) is 0 Å². The summed E-state index contributed by atoms with van der Waals surface area (Å²) in [7, 11) is 0. The molecule has 6 atom stereocenters. The maximum Gasteiger partial charge on any atom is 0.0952 e. The van der Waals surface area contributed by atoms with E-state index in [1.807, 2.05) is 0 Å².